The first kappa shape index (κ1) is 8.17. The van der Waals surface area contributed by atoms with E-state index in [2.05, 4.69) is 6.58 Å². The van der Waals surface area contributed by atoms with Gasteiger partial charge in [-0.05, 0) is 6.58 Å². The smallest absolute Gasteiger partial charge is 0.123 e. The molecular formula is C6H11NO2. The average molecular weight is 129 g/mol. The fourth-order valence-corrected chi connectivity index (χ4v) is 0.397. The van der Waals surface area contributed by atoms with E-state index in [1.807, 2.05) is 0 Å². The molecule has 0 fully saturated rings. The molecule has 3 nitrogen and oxygen atoms in total. The van der Waals surface area contributed by atoms with Gasteiger partial charge < -0.3 is 9.90 Å². The maximum atomic E-state index is 10.00. The molecule has 0 radical (unpaired) electrons. The van der Waals surface area contributed by atoms with Gasteiger partial charge in [-0.3, -0.25) is 4.48 Å². The van der Waals surface area contributed by atoms with Crippen LogP contribution in [0.3, 0.4) is 0 Å². The highest BCUT2D eigenvalue weighted by Gasteiger charge is 2.08. The second kappa shape index (κ2) is 2.64. The molecule has 0 amide bonds. The third-order valence-electron chi connectivity index (χ3n) is 1.03. The van der Waals surface area contributed by atoms with E-state index in [4.69, 9.17) is 0 Å². The lowest BCUT2D eigenvalue weighted by Crippen LogP contribution is -2.44. The molecule has 0 aromatic rings. The Balaban J connectivity index is 3.86. The van der Waals surface area contributed by atoms with Crippen LogP contribution in [0, 0.1) is 0 Å². The summed E-state index contributed by atoms with van der Waals surface area (Å²) in [5.74, 6) is -1.06. The van der Waals surface area contributed by atoms with Crippen molar-refractivity contribution >= 4 is 5.97 Å². The maximum Gasteiger partial charge on any atom is 0.123 e. The fourth-order valence-electron chi connectivity index (χ4n) is 0.397. The van der Waals surface area contributed by atoms with E-state index in [1.165, 1.54) is 0 Å². The largest absolute Gasteiger partial charge is 0.544 e. The summed E-state index contributed by atoms with van der Waals surface area (Å²) in [5.41, 5.74) is 0. The maximum absolute atomic E-state index is 10.00. The van der Waals surface area contributed by atoms with Gasteiger partial charge in [-0.25, -0.2) is 0 Å². The van der Waals surface area contributed by atoms with Crippen molar-refractivity contribution in [2.75, 3.05) is 20.6 Å². The van der Waals surface area contributed by atoms with Crippen molar-refractivity contribution in [1.29, 1.82) is 0 Å². The van der Waals surface area contributed by atoms with Gasteiger partial charge in [-0.2, -0.15) is 0 Å². The molecule has 0 aliphatic rings. The minimum Gasteiger partial charge on any atom is -0.544 e. The van der Waals surface area contributed by atoms with Crippen LogP contribution in [0.25, 0.3) is 0 Å². The Labute approximate surface area is 54.8 Å². The summed E-state index contributed by atoms with van der Waals surface area (Å²) in [5, 5.41) is 10.00. The molecule has 0 heterocycles. The lowest BCUT2D eigenvalue weighted by molar-refractivity contribution is -0.832. The van der Waals surface area contributed by atoms with Crippen molar-refractivity contribution < 1.29 is 14.4 Å². The number of carbonyl (C=O) groups is 1. The molecule has 0 N–H and O–H groups in total. The highest BCUT2D eigenvalue weighted by Crippen LogP contribution is 1.93. The molecule has 0 aliphatic heterocycles. The zero-order valence-corrected chi connectivity index (χ0v) is 5.76. The summed E-state index contributed by atoms with van der Waals surface area (Å²) >= 11 is 0. The second-order valence-corrected chi connectivity index (χ2v) is 2.49. The van der Waals surface area contributed by atoms with E-state index < -0.39 is 5.97 Å². The second-order valence-electron chi connectivity index (χ2n) is 2.49. The molecule has 0 atom stereocenters. The minimum absolute atomic E-state index is 0.0243. The zero-order chi connectivity index (χ0) is 7.49. The Bertz CT molecular complexity index is 129. The van der Waals surface area contributed by atoms with Crippen LogP contribution >= 0.6 is 0 Å². The third-order valence-corrected chi connectivity index (χ3v) is 1.03. The molecular weight excluding hydrogens is 118 g/mol. The number of hydrogen-bond donors (Lipinski definition) is 0. The standard InChI is InChI=1S/C6H11NO2/c1-4-7(2,3)5-6(8)9/h4H,1,5H2,2-3H3. The van der Waals surface area contributed by atoms with Gasteiger partial charge in [-0.1, -0.05) is 0 Å². The zero-order valence-electron chi connectivity index (χ0n) is 5.76. The van der Waals surface area contributed by atoms with Gasteiger partial charge in [-0.15, -0.1) is 0 Å². The number of nitrogens with zero attached hydrogens (tertiary/aromatic N) is 1. The van der Waals surface area contributed by atoms with Crippen molar-refractivity contribution in [3.63, 3.8) is 0 Å². The number of quaternary nitrogens is 1. The van der Waals surface area contributed by atoms with Gasteiger partial charge >= 0.3 is 0 Å². The first-order valence-electron chi connectivity index (χ1n) is 2.64. The fraction of sp³-hybridized carbons (Fsp3) is 0.500. The number of likely N-dealkylation sites (N-methyl/N-ethyl adjacent to an activating group) is 1. The average Bonchev–Trinajstić information content (AvgIpc) is 1.63. The molecule has 52 valence electrons. The normalized spacial score (nSPS) is 10.9. The van der Waals surface area contributed by atoms with Crippen LogP contribution < -0.4 is 5.11 Å². The monoisotopic (exact) mass is 129 g/mol. The van der Waals surface area contributed by atoms with Crippen LogP contribution in [-0.4, -0.2) is 31.1 Å². The molecule has 0 spiro atoms. The first-order valence-corrected chi connectivity index (χ1v) is 2.64. The number of carboxylic acids is 1. The van der Waals surface area contributed by atoms with Crippen molar-refractivity contribution in [1.82, 2.24) is 0 Å². The Morgan fingerprint density at radius 1 is 1.78 bits per heavy atom. The summed E-state index contributed by atoms with van der Waals surface area (Å²) in [6, 6.07) is 0. The van der Waals surface area contributed by atoms with Crippen LogP contribution in [0.2, 0.25) is 0 Å². The first-order chi connectivity index (χ1) is 3.98. The Morgan fingerprint density at radius 3 is 2.33 bits per heavy atom. The van der Waals surface area contributed by atoms with Gasteiger partial charge in [0.25, 0.3) is 0 Å². The van der Waals surface area contributed by atoms with Gasteiger partial charge in [0.15, 0.2) is 0 Å². The molecule has 0 saturated carbocycles. The number of carbonyl (C=O) groups excluding carboxylic acids is 1. The van der Waals surface area contributed by atoms with Crippen LogP contribution in [0.1, 0.15) is 0 Å². The van der Waals surface area contributed by atoms with Crippen LogP contribution in [0.15, 0.2) is 12.8 Å². The van der Waals surface area contributed by atoms with Crippen LogP contribution in [0.4, 0.5) is 0 Å². The topological polar surface area (TPSA) is 40.1 Å². The Morgan fingerprint density at radius 2 is 2.22 bits per heavy atom. The van der Waals surface area contributed by atoms with E-state index in [0.29, 0.717) is 0 Å². The molecule has 3 heteroatoms. The third kappa shape index (κ3) is 3.73. The highest BCUT2D eigenvalue weighted by atomic mass is 16.4. The SMILES string of the molecule is C=C[N+](C)(C)CC(=O)[O-]. The van der Waals surface area contributed by atoms with Crippen LogP contribution in [-0.2, 0) is 4.79 Å². The van der Waals surface area contributed by atoms with Gasteiger partial charge in [0.05, 0.1) is 26.3 Å². The number of rotatable bonds is 3. The lowest BCUT2D eigenvalue weighted by Gasteiger charge is -2.24. The van der Waals surface area contributed by atoms with Crippen molar-refractivity contribution in [3.8, 4) is 0 Å². The molecule has 9 heavy (non-hydrogen) atoms. The van der Waals surface area contributed by atoms with E-state index in [1.54, 1.807) is 20.3 Å². The predicted octanol–water partition coefficient (Wildman–Crippen LogP) is -1.04. The van der Waals surface area contributed by atoms with Gasteiger partial charge in [0.1, 0.15) is 6.54 Å². The van der Waals surface area contributed by atoms with Crippen LogP contribution in [0.5, 0.6) is 0 Å². The molecule has 0 saturated heterocycles. The molecule has 0 unspecified atom stereocenters. The van der Waals surface area contributed by atoms with E-state index in [0.717, 1.165) is 0 Å². The van der Waals surface area contributed by atoms with Crippen molar-refractivity contribution in [2.45, 2.75) is 0 Å². The lowest BCUT2D eigenvalue weighted by atomic mass is 10.5. The number of aliphatic carboxylic acids is 1. The van der Waals surface area contributed by atoms with E-state index >= 15 is 0 Å². The Kier molecular flexibility index (Phi) is 2.40. The van der Waals surface area contributed by atoms with Crippen molar-refractivity contribution in [2.24, 2.45) is 0 Å². The van der Waals surface area contributed by atoms with E-state index in [-0.39, 0.29) is 11.0 Å². The van der Waals surface area contributed by atoms with E-state index in [9.17, 15) is 9.90 Å². The quantitative estimate of drug-likeness (QED) is 0.456. The van der Waals surface area contributed by atoms with Gasteiger partial charge in [0.2, 0.25) is 0 Å². The summed E-state index contributed by atoms with van der Waals surface area (Å²) in [4.78, 5) is 10.00. The summed E-state index contributed by atoms with van der Waals surface area (Å²) < 4.78 is 0.252. The number of carboxylic acid groups (broad SMARTS) is 1. The van der Waals surface area contributed by atoms with Gasteiger partial charge in [0, 0.05) is 0 Å². The molecule has 0 aromatic heterocycles. The highest BCUT2D eigenvalue weighted by molar-refractivity contribution is 5.65. The minimum atomic E-state index is -1.06. The number of hydrogen-bond acceptors (Lipinski definition) is 2. The Hall–Kier alpha value is -0.830. The summed E-state index contributed by atoms with van der Waals surface area (Å²) in [6.45, 7) is 3.44. The molecule has 0 aliphatic carbocycles. The summed E-state index contributed by atoms with van der Waals surface area (Å²) in [7, 11) is 3.48. The molecule has 0 rings (SSSR count). The van der Waals surface area contributed by atoms with Crippen molar-refractivity contribution in [3.05, 3.63) is 12.8 Å². The predicted molar refractivity (Wildman–Crippen MR) is 32.2 cm³/mol. The molecule has 0 bridgehead atoms. The molecule has 0 aromatic carbocycles. The summed E-state index contributed by atoms with van der Waals surface area (Å²) in [6.07, 6.45) is 1.55.